The van der Waals surface area contributed by atoms with Crippen LogP contribution in [0.15, 0.2) is 0 Å². The minimum Gasteiger partial charge on any atom is -0.382 e. The molecule has 0 aromatic carbocycles. The fraction of sp³-hybridized carbons (Fsp3) is 0.929. The molecule has 0 rings (SSSR count). The van der Waals surface area contributed by atoms with Crippen LogP contribution in [0.3, 0.4) is 0 Å². The van der Waals surface area contributed by atoms with Crippen molar-refractivity contribution >= 4 is 5.78 Å². The van der Waals surface area contributed by atoms with Crippen molar-refractivity contribution in [2.24, 2.45) is 5.92 Å². The standard InChI is InChI=1S/C14H29NO4/c1-6-11(2)14(16)13(12(3)18-5)15-7-8-19-10-9-17-4/h11-13,15H,6-10H2,1-5H3/t11-,12-,13+/m1/s1. The highest BCUT2D eigenvalue weighted by molar-refractivity contribution is 5.86. The van der Waals surface area contributed by atoms with E-state index in [0.717, 1.165) is 6.42 Å². The van der Waals surface area contributed by atoms with Gasteiger partial charge in [0.2, 0.25) is 0 Å². The van der Waals surface area contributed by atoms with Crippen molar-refractivity contribution in [2.75, 3.05) is 40.6 Å². The Hall–Kier alpha value is -0.490. The van der Waals surface area contributed by atoms with Gasteiger partial charge in [-0.25, -0.2) is 0 Å². The normalized spacial score (nSPS) is 16.1. The Morgan fingerprint density at radius 3 is 2.37 bits per heavy atom. The van der Waals surface area contributed by atoms with Crippen molar-refractivity contribution in [1.82, 2.24) is 5.32 Å². The maximum Gasteiger partial charge on any atom is 0.155 e. The quantitative estimate of drug-likeness (QED) is 0.543. The van der Waals surface area contributed by atoms with E-state index in [4.69, 9.17) is 14.2 Å². The van der Waals surface area contributed by atoms with Gasteiger partial charge in [-0.3, -0.25) is 4.79 Å². The molecule has 0 unspecified atom stereocenters. The van der Waals surface area contributed by atoms with Crippen LogP contribution in [0.4, 0.5) is 0 Å². The van der Waals surface area contributed by atoms with Gasteiger partial charge in [0.1, 0.15) is 0 Å². The summed E-state index contributed by atoms with van der Waals surface area (Å²) in [5.74, 6) is 0.248. The Labute approximate surface area is 117 Å². The molecule has 1 N–H and O–H groups in total. The van der Waals surface area contributed by atoms with Gasteiger partial charge in [0.25, 0.3) is 0 Å². The summed E-state index contributed by atoms with van der Waals surface area (Å²) in [5.41, 5.74) is 0. The van der Waals surface area contributed by atoms with Crippen LogP contribution >= 0.6 is 0 Å². The maximum atomic E-state index is 12.2. The summed E-state index contributed by atoms with van der Waals surface area (Å²) in [6.45, 7) is 8.23. The lowest BCUT2D eigenvalue weighted by Crippen LogP contribution is -2.48. The monoisotopic (exact) mass is 275 g/mol. The molecule has 5 nitrogen and oxygen atoms in total. The van der Waals surface area contributed by atoms with E-state index in [1.807, 2.05) is 20.8 Å². The van der Waals surface area contributed by atoms with Gasteiger partial charge in [-0.1, -0.05) is 13.8 Å². The Bertz CT molecular complexity index is 235. The predicted molar refractivity (Wildman–Crippen MR) is 75.4 cm³/mol. The third kappa shape index (κ3) is 7.62. The second-order valence-corrected chi connectivity index (χ2v) is 4.69. The number of nitrogens with one attached hydrogen (secondary N) is 1. The molecule has 0 amide bonds. The summed E-state index contributed by atoms with van der Waals surface area (Å²) in [5, 5.41) is 3.22. The van der Waals surface area contributed by atoms with E-state index in [9.17, 15) is 4.79 Å². The minimum atomic E-state index is -0.272. The second-order valence-electron chi connectivity index (χ2n) is 4.69. The van der Waals surface area contributed by atoms with Gasteiger partial charge in [0.15, 0.2) is 5.78 Å². The van der Waals surface area contributed by atoms with Gasteiger partial charge in [0, 0.05) is 26.7 Å². The van der Waals surface area contributed by atoms with E-state index in [0.29, 0.717) is 26.4 Å². The first-order valence-electron chi connectivity index (χ1n) is 6.95. The molecule has 0 aliphatic heterocycles. The Morgan fingerprint density at radius 1 is 1.16 bits per heavy atom. The average molecular weight is 275 g/mol. The van der Waals surface area contributed by atoms with E-state index in [1.165, 1.54) is 0 Å². The molecule has 0 saturated carbocycles. The molecule has 3 atom stereocenters. The van der Waals surface area contributed by atoms with Crippen molar-refractivity contribution in [3.63, 3.8) is 0 Å². The molecule has 0 spiro atoms. The van der Waals surface area contributed by atoms with Crippen LogP contribution in [0.2, 0.25) is 0 Å². The zero-order valence-electron chi connectivity index (χ0n) is 12.9. The molecule has 19 heavy (non-hydrogen) atoms. The molecule has 0 aromatic heterocycles. The number of Topliss-reactive ketones (excluding diaryl/α,β-unsaturated/α-hetero) is 1. The molecule has 0 aliphatic rings. The third-order valence-corrected chi connectivity index (χ3v) is 3.29. The topological polar surface area (TPSA) is 56.8 Å². The highest BCUT2D eigenvalue weighted by atomic mass is 16.5. The first-order valence-corrected chi connectivity index (χ1v) is 6.95. The number of hydrogen-bond acceptors (Lipinski definition) is 5. The Balaban J connectivity index is 4.11. The van der Waals surface area contributed by atoms with E-state index >= 15 is 0 Å². The molecule has 0 bridgehead atoms. The fourth-order valence-corrected chi connectivity index (χ4v) is 1.67. The third-order valence-electron chi connectivity index (χ3n) is 3.29. The number of carbonyl (C=O) groups excluding carboxylic acids is 1. The largest absolute Gasteiger partial charge is 0.382 e. The summed E-state index contributed by atoms with van der Waals surface area (Å²) < 4.78 is 15.5. The number of methoxy groups -OCH3 is 2. The maximum absolute atomic E-state index is 12.2. The van der Waals surface area contributed by atoms with Crippen LogP contribution in [-0.2, 0) is 19.0 Å². The van der Waals surface area contributed by atoms with Crippen molar-refractivity contribution in [3.05, 3.63) is 0 Å². The first-order chi connectivity index (χ1) is 9.08. The number of carbonyl (C=O) groups is 1. The van der Waals surface area contributed by atoms with Crippen molar-refractivity contribution in [3.8, 4) is 0 Å². The van der Waals surface area contributed by atoms with Crippen LogP contribution in [0.25, 0.3) is 0 Å². The lowest BCUT2D eigenvalue weighted by molar-refractivity contribution is -0.127. The predicted octanol–water partition coefficient (Wildman–Crippen LogP) is 1.26. The zero-order chi connectivity index (χ0) is 14.7. The van der Waals surface area contributed by atoms with E-state index < -0.39 is 0 Å². The lowest BCUT2D eigenvalue weighted by atomic mass is 9.94. The second kappa shape index (κ2) is 11.3. The Morgan fingerprint density at radius 2 is 1.84 bits per heavy atom. The molecule has 0 radical (unpaired) electrons. The van der Waals surface area contributed by atoms with Crippen molar-refractivity contribution < 1.29 is 19.0 Å². The molecule has 0 aromatic rings. The molecule has 0 heterocycles. The fourth-order valence-electron chi connectivity index (χ4n) is 1.67. The summed E-state index contributed by atoms with van der Waals surface area (Å²) in [6.07, 6.45) is 0.707. The SMILES string of the molecule is CC[C@@H](C)C(=O)[C@@H](NCCOCCOC)[C@@H](C)OC. The zero-order valence-corrected chi connectivity index (χ0v) is 12.9. The van der Waals surface area contributed by atoms with Crippen LogP contribution in [0.5, 0.6) is 0 Å². The summed E-state index contributed by atoms with van der Waals surface area (Å²) in [6, 6.07) is -0.272. The molecular formula is C14H29NO4. The van der Waals surface area contributed by atoms with Crippen molar-refractivity contribution in [1.29, 1.82) is 0 Å². The smallest absolute Gasteiger partial charge is 0.155 e. The van der Waals surface area contributed by atoms with Crippen LogP contribution < -0.4 is 5.32 Å². The van der Waals surface area contributed by atoms with Gasteiger partial charge in [-0.05, 0) is 13.3 Å². The van der Waals surface area contributed by atoms with Gasteiger partial charge in [-0.2, -0.15) is 0 Å². The number of rotatable bonds is 12. The first kappa shape index (κ1) is 18.5. The van der Waals surface area contributed by atoms with E-state index in [1.54, 1.807) is 14.2 Å². The molecule has 0 fully saturated rings. The van der Waals surface area contributed by atoms with Crippen LogP contribution in [-0.4, -0.2) is 58.5 Å². The lowest BCUT2D eigenvalue weighted by Gasteiger charge is -2.25. The van der Waals surface area contributed by atoms with Gasteiger partial charge in [0.05, 0.1) is 32.0 Å². The molecule has 5 heteroatoms. The minimum absolute atomic E-state index is 0.0458. The van der Waals surface area contributed by atoms with Crippen LogP contribution in [0.1, 0.15) is 27.2 Å². The summed E-state index contributed by atoms with van der Waals surface area (Å²) in [4.78, 5) is 12.2. The highest BCUT2D eigenvalue weighted by Crippen LogP contribution is 2.10. The van der Waals surface area contributed by atoms with Gasteiger partial charge >= 0.3 is 0 Å². The van der Waals surface area contributed by atoms with E-state index in [2.05, 4.69) is 5.32 Å². The average Bonchev–Trinajstić information content (AvgIpc) is 2.44. The van der Waals surface area contributed by atoms with Gasteiger partial charge < -0.3 is 19.5 Å². The molecular weight excluding hydrogens is 246 g/mol. The molecule has 0 aliphatic carbocycles. The summed E-state index contributed by atoms with van der Waals surface area (Å²) >= 11 is 0. The number of ether oxygens (including phenoxy) is 3. The van der Waals surface area contributed by atoms with Crippen molar-refractivity contribution in [2.45, 2.75) is 39.3 Å². The molecule has 0 saturated heterocycles. The number of hydrogen-bond donors (Lipinski definition) is 1. The molecule has 114 valence electrons. The Kier molecular flexibility index (Phi) is 11.1. The highest BCUT2D eigenvalue weighted by Gasteiger charge is 2.27. The van der Waals surface area contributed by atoms with E-state index in [-0.39, 0.29) is 23.8 Å². The summed E-state index contributed by atoms with van der Waals surface area (Å²) in [7, 11) is 3.26. The van der Waals surface area contributed by atoms with Gasteiger partial charge in [-0.15, -0.1) is 0 Å². The number of ketones is 1. The van der Waals surface area contributed by atoms with Crippen LogP contribution in [0, 0.1) is 5.92 Å².